The van der Waals surface area contributed by atoms with E-state index in [1.54, 1.807) is 11.8 Å². The Morgan fingerprint density at radius 2 is 2.11 bits per heavy atom. The van der Waals surface area contributed by atoms with Crippen molar-refractivity contribution in [3.63, 3.8) is 0 Å². The molecule has 1 atom stereocenters. The minimum Gasteiger partial charge on any atom is -0.345 e. The lowest BCUT2D eigenvalue weighted by atomic mass is 10.1. The molecular formula is C14H20N2O2S. The van der Waals surface area contributed by atoms with Crippen molar-refractivity contribution in [3.05, 3.63) is 24.3 Å². The van der Waals surface area contributed by atoms with Gasteiger partial charge < -0.3 is 10.6 Å². The Hall–Kier alpha value is -1.49. The van der Waals surface area contributed by atoms with Gasteiger partial charge in [0.05, 0.1) is 0 Å². The fraction of sp³-hybridized carbons (Fsp3) is 0.429. The van der Waals surface area contributed by atoms with E-state index in [9.17, 15) is 9.59 Å². The summed E-state index contributed by atoms with van der Waals surface area (Å²) in [6.07, 6.45) is 3.45. The Morgan fingerprint density at radius 3 is 2.68 bits per heavy atom. The maximum Gasteiger partial charge on any atom is 0.246 e. The highest BCUT2D eigenvalue weighted by Gasteiger charge is 2.18. The summed E-state index contributed by atoms with van der Waals surface area (Å²) in [5.41, 5.74) is 0.753. The van der Waals surface area contributed by atoms with Crippen LogP contribution in [0.5, 0.6) is 0 Å². The first-order valence-electron chi connectivity index (χ1n) is 6.28. The van der Waals surface area contributed by atoms with E-state index in [4.69, 9.17) is 0 Å². The minimum absolute atomic E-state index is 0.171. The van der Waals surface area contributed by atoms with Gasteiger partial charge in [-0.05, 0) is 30.9 Å². The van der Waals surface area contributed by atoms with Gasteiger partial charge in [-0.2, -0.15) is 0 Å². The van der Waals surface area contributed by atoms with E-state index >= 15 is 0 Å². The highest BCUT2D eigenvalue weighted by atomic mass is 32.2. The molecule has 1 aromatic rings. The summed E-state index contributed by atoms with van der Waals surface area (Å²) < 4.78 is 0. The monoisotopic (exact) mass is 280 g/mol. The molecule has 2 N–H and O–H groups in total. The Labute approximate surface area is 118 Å². The van der Waals surface area contributed by atoms with Crippen LogP contribution in [0.25, 0.3) is 0 Å². The zero-order valence-corrected chi connectivity index (χ0v) is 12.3. The van der Waals surface area contributed by atoms with Crippen molar-refractivity contribution >= 4 is 29.3 Å². The van der Waals surface area contributed by atoms with Crippen molar-refractivity contribution in [3.8, 4) is 0 Å². The fourth-order valence-corrected chi connectivity index (χ4v) is 2.19. The van der Waals surface area contributed by atoms with Gasteiger partial charge in [0, 0.05) is 17.5 Å². The number of amides is 2. The first kappa shape index (κ1) is 15.6. The van der Waals surface area contributed by atoms with Crippen LogP contribution < -0.4 is 10.6 Å². The van der Waals surface area contributed by atoms with Crippen LogP contribution in [0, 0.1) is 0 Å². The average molecular weight is 280 g/mol. The van der Waals surface area contributed by atoms with Crippen LogP contribution in [0.4, 0.5) is 5.69 Å². The molecule has 0 aromatic heterocycles. The molecule has 0 saturated carbocycles. The van der Waals surface area contributed by atoms with Gasteiger partial charge in [-0.15, -0.1) is 11.8 Å². The molecule has 0 aliphatic rings. The second kappa shape index (κ2) is 7.84. The molecule has 0 fully saturated rings. The Kier molecular flexibility index (Phi) is 6.42. The van der Waals surface area contributed by atoms with Gasteiger partial charge in [-0.25, -0.2) is 0 Å². The van der Waals surface area contributed by atoms with Crippen LogP contribution in [0.15, 0.2) is 29.2 Å². The summed E-state index contributed by atoms with van der Waals surface area (Å²) in [6, 6.07) is 7.17. The maximum absolute atomic E-state index is 12.1. The average Bonchev–Trinajstić information content (AvgIpc) is 2.38. The number of carbonyl (C=O) groups is 2. The summed E-state index contributed by atoms with van der Waals surface area (Å²) in [5, 5.41) is 5.51. The number of hydrogen-bond donors (Lipinski definition) is 2. The number of anilines is 1. The molecule has 0 saturated heterocycles. The second-order valence-corrected chi connectivity index (χ2v) is 5.14. The highest BCUT2D eigenvalue weighted by molar-refractivity contribution is 7.98. The van der Waals surface area contributed by atoms with Gasteiger partial charge in [-0.3, -0.25) is 9.59 Å². The van der Waals surface area contributed by atoms with Crippen molar-refractivity contribution in [2.75, 3.05) is 11.6 Å². The van der Waals surface area contributed by atoms with Crippen LogP contribution >= 0.6 is 11.8 Å². The molecular weight excluding hydrogens is 260 g/mol. The molecule has 0 spiro atoms. The molecule has 0 heterocycles. The first-order valence-corrected chi connectivity index (χ1v) is 7.51. The minimum atomic E-state index is -0.472. The fourth-order valence-electron chi connectivity index (χ4n) is 1.73. The van der Waals surface area contributed by atoms with Crippen LogP contribution in [-0.2, 0) is 9.59 Å². The van der Waals surface area contributed by atoms with Gasteiger partial charge in [0.2, 0.25) is 11.8 Å². The van der Waals surface area contributed by atoms with Crippen molar-refractivity contribution < 1.29 is 9.59 Å². The number of carbonyl (C=O) groups excluding carboxylic acids is 2. The van der Waals surface area contributed by atoms with E-state index in [1.807, 2.05) is 37.4 Å². The maximum atomic E-state index is 12.1. The number of hydrogen-bond acceptors (Lipinski definition) is 3. The van der Waals surface area contributed by atoms with Gasteiger partial charge in [0.15, 0.2) is 0 Å². The predicted molar refractivity (Wildman–Crippen MR) is 79.4 cm³/mol. The molecule has 0 aliphatic carbocycles. The molecule has 19 heavy (non-hydrogen) atoms. The summed E-state index contributed by atoms with van der Waals surface area (Å²) in [7, 11) is 0. The van der Waals surface area contributed by atoms with Crippen molar-refractivity contribution in [1.82, 2.24) is 5.32 Å². The molecule has 104 valence electrons. The molecule has 0 aliphatic heterocycles. The summed E-state index contributed by atoms with van der Waals surface area (Å²) in [6.45, 7) is 3.40. The standard InChI is InChI=1S/C14H20N2O2S/c1-4-6-13(15-10(2)17)14(18)16-11-7-5-8-12(9-11)19-3/h5,7-9,13H,4,6H2,1-3H3,(H,15,17)(H,16,18)/t13-/m0/s1. The molecule has 0 radical (unpaired) electrons. The van der Waals surface area contributed by atoms with E-state index in [0.717, 1.165) is 17.0 Å². The zero-order valence-electron chi connectivity index (χ0n) is 11.5. The smallest absolute Gasteiger partial charge is 0.246 e. The molecule has 0 bridgehead atoms. The van der Waals surface area contributed by atoms with Crippen molar-refractivity contribution in [1.29, 1.82) is 0 Å². The lowest BCUT2D eigenvalue weighted by Crippen LogP contribution is -2.42. The number of rotatable bonds is 6. The third-order valence-corrected chi connectivity index (χ3v) is 3.33. The largest absolute Gasteiger partial charge is 0.345 e. The van der Waals surface area contributed by atoms with Gasteiger partial charge in [0.1, 0.15) is 6.04 Å². The van der Waals surface area contributed by atoms with Gasteiger partial charge in [0.25, 0.3) is 0 Å². The van der Waals surface area contributed by atoms with Crippen molar-refractivity contribution in [2.45, 2.75) is 37.6 Å². The van der Waals surface area contributed by atoms with E-state index < -0.39 is 6.04 Å². The van der Waals surface area contributed by atoms with E-state index in [1.165, 1.54) is 6.92 Å². The van der Waals surface area contributed by atoms with Crippen LogP contribution in [0.3, 0.4) is 0 Å². The van der Waals surface area contributed by atoms with Crippen LogP contribution in [0.1, 0.15) is 26.7 Å². The number of nitrogens with one attached hydrogen (secondary N) is 2. The van der Waals surface area contributed by atoms with Crippen molar-refractivity contribution in [2.24, 2.45) is 0 Å². The normalized spacial score (nSPS) is 11.7. The van der Waals surface area contributed by atoms with E-state index in [2.05, 4.69) is 10.6 Å². The van der Waals surface area contributed by atoms with Gasteiger partial charge in [-0.1, -0.05) is 19.4 Å². The molecule has 2 amide bonds. The SMILES string of the molecule is CCC[C@H](NC(C)=O)C(=O)Nc1cccc(SC)c1. The third kappa shape index (κ3) is 5.34. The molecule has 5 heteroatoms. The summed E-state index contributed by atoms with van der Waals surface area (Å²) in [4.78, 5) is 24.3. The third-order valence-electron chi connectivity index (χ3n) is 2.61. The lowest BCUT2D eigenvalue weighted by Gasteiger charge is -2.17. The van der Waals surface area contributed by atoms with Crippen LogP contribution in [0.2, 0.25) is 0 Å². The quantitative estimate of drug-likeness (QED) is 0.788. The zero-order chi connectivity index (χ0) is 14.3. The summed E-state index contributed by atoms with van der Waals surface area (Å²) >= 11 is 1.62. The summed E-state index contributed by atoms with van der Waals surface area (Å²) in [5.74, 6) is -0.359. The Bertz CT molecular complexity index is 449. The molecule has 1 aromatic carbocycles. The number of benzene rings is 1. The molecule has 4 nitrogen and oxygen atoms in total. The Morgan fingerprint density at radius 1 is 1.37 bits per heavy atom. The second-order valence-electron chi connectivity index (χ2n) is 4.26. The molecule has 0 unspecified atom stereocenters. The first-order chi connectivity index (χ1) is 9.06. The number of thioether (sulfide) groups is 1. The Balaban J connectivity index is 2.71. The molecule has 1 rings (SSSR count). The van der Waals surface area contributed by atoms with E-state index in [-0.39, 0.29) is 11.8 Å². The topological polar surface area (TPSA) is 58.2 Å². The van der Waals surface area contributed by atoms with Gasteiger partial charge >= 0.3 is 0 Å². The lowest BCUT2D eigenvalue weighted by molar-refractivity contribution is -0.125. The van der Waals surface area contributed by atoms with Crippen LogP contribution in [-0.4, -0.2) is 24.1 Å². The van der Waals surface area contributed by atoms with E-state index in [0.29, 0.717) is 6.42 Å². The predicted octanol–water partition coefficient (Wildman–Crippen LogP) is 2.65. The highest BCUT2D eigenvalue weighted by Crippen LogP contribution is 2.19.